The molecule has 3 rings (SSSR count). The molecule has 1 saturated heterocycles. The van der Waals surface area contributed by atoms with Crippen LogP contribution in [0.15, 0.2) is 23.0 Å². The van der Waals surface area contributed by atoms with E-state index in [1.807, 2.05) is 18.2 Å². The van der Waals surface area contributed by atoms with Crippen LogP contribution in [0, 0.1) is 0 Å². The Morgan fingerprint density at radius 1 is 1.28 bits per heavy atom. The number of para-hydroxylation sites is 1. The second-order valence-electron chi connectivity index (χ2n) is 6.63. The minimum atomic E-state index is -0.668. The number of fused-ring (bicyclic) bond motifs is 1. The Bertz CT molecular complexity index is 878. The highest BCUT2D eigenvalue weighted by atomic mass is 16.5. The van der Waals surface area contributed by atoms with E-state index >= 15 is 0 Å². The largest absolute Gasteiger partial charge is 0.383 e. The first-order valence-electron chi connectivity index (χ1n) is 8.52. The zero-order chi connectivity index (χ0) is 18.1. The average Bonchev–Trinajstić information content (AvgIpc) is 2.85. The number of carbonyl (C=O) groups excluding carboxylic acids is 2. The molecule has 0 radical (unpaired) electrons. The highest BCUT2D eigenvalue weighted by molar-refractivity contribution is 6.00. The van der Waals surface area contributed by atoms with E-state index in [4.69, 9.17) is 4.74 Å². The predicted octanol–water partition coefficient (Wildman–Crippen LogP) is 1.55. The van der Waals surface area contributed by atoms with E-state index in [1.165, 1.54) is 4.57 Å². The van der Waals surface area contributed by atoms with Crippen molar-refractivity contribution in [1.29, 1.82) is 0 Å². The first kappa shape index (κ1) is 17.4. The molecule has 25 heavy (non-hydrogen) atoms. The normalized spacial score (nSPS) is 18.2. The number of amides is 2. The maximum atomic E-state index is 13.1. The van der Waals surface area contributed by atoms with Gasteiger partial charge < -0.3 is 4.74 Å². The molecule has 7 heteroatoms. The summed E-state index contributed by atoms with van der Waals surface area (Å²) in [5.74, 6) is -0.478. The molecule has 1 N–H and O–H groups in total. The molecule has 1 aromatic heterocycles. The maximum Gasteiger partial charge on any atom is 0.329 e. The van der Waals surface area contributed by atoms with Crippen LogP contribution in [0.1, 0.15) is 44.2 Å². The Hall–Kier alpha value is -2.41. The van der Waals surface area contributed by atoms with Crippen molar-refractivity contribution in [1.82, 2.24) is 14.5 Å². The number of rotatable bonds is 5. The van der Waals surface area contributed by atoms with Gasteiger partial charge in [0.1, 0.15) is 6.04 Å². The van der Waals surface area contributed by atoms with Crippen molar-refractivity contribution >= 4 is 22.8 Å². The van der Waals surface area contributed by atoms with E-state index < -0.39 is 11.9 Å². The molecule has 1 aliphatic heterocycles. The van der Waals surface area contributed by atoms with Crippen molar-refractivity contribution < 1.29 is 14.3 Å². The molecule has 2 heterocycles. The number of methoxy groups -OCH3 is 1. The summed E-state index contributed by atoms with van der Waals surface area (Å²) in [4.78, 5) is 36.9. The lowest BCUT2D eigenvalue weighted by atomic mass is 10.0. The fourth-order valence-electron chi connectivity index (χ4n) is 3.45. The van der Waals surface area contributed by atoms with E-state index in [0.29, 0.717) is 19.6 Å². The van der Waals surface area contributed by atoms with Gasteiger partial charge >= 0.3 is 5.69 Å². The summed E-state index contributed by atoms with van der Waals surface area (Å²) in [6.45, 7) is 4.96. The molecule has 1 unspecified atom stereocenters. The van der Waals surface area contributed by atoms with Gasteiger partial charge in [0, 0.05) is 13.5 Å². The second kappa shape index (κ2) is 6.84. The number of nitrogens with zero attached hydrogens (tertiary/aromatic N) is 2. The van der Waals surface area contributed by atoms with E-state index in [0.717, 1.165) is 16.6 Å². The lowest BCUT2D eigenvalue weighted by molar-refractivity contribution is -0.135. The van der Waals surface area contributed by atoms with Crippen LogP contribution in [0.3, 0.4) is 0 Å². The summed E-state index contributed by atoms with van der Waals surface area (Å²) in [6, 6.07) is 5.10. The van der Waals surface area contributed by atoms with Gasteiger partial charge in [-0.15, -0.1) is 0 Å². The molecule has 0 saturated carbocycles. The Morgan fingerprint density at radius 3 is 2.68 bits per heavy atom. The summed E-state index contributed by atoms with van der Waals surface area (Å²) in [6.07, 6.45) is 0.567. The lowest BCUT2D eigenvalue weighted by Gasteiger charge is -2.22. The highest BCUT2D eigenvalue weighted by Gasteiger charge is 2.32. The number of imidazole rings is 1. The number of piperidine rings is 1. The van der Waals surface area contributed by atoms with Crippen LogP contribution >= 0.6 is 0 Å². The van der Waals surface area contributed by atoms with E-state index in [9.17, 15) is 14.4 Å². The highest BCUT2D eigenvalue weighted by Crippen LogP contribution is 2.28. The third-order valence-corrected chi connectivity index (χ3v) is 4.68. The average molecular weight is 345 g/mol. The number of carbonyl (C=O) groups is 2. The summed E-state index contributed by atoms with van der Waals surface area (Å²) < 4.78 is 8.35. The fourth-order valence-corrected chi connectivity index (χ4v) is 3.45. The van der Waals surface area contributed by atoms with Crippen molar-refractivity contribution in [3.8, 4) is 0 Å². The number of hydrogen-bond acceptors (Lipinski definition) is 4. The zero-order valence-electron chi connectivity index (χ0n) is 14.7. The second-order valence-corrected chi connectivity index (χ2v) is 6.63. The number of imide groups is 1. The van der Waals surface area contributed by atoms with Gasteiger partial charge in [0.25, 0.3) is 0 Å². The molecular weight excluding hydrogens is 322 g/mol. The third kappa shape index (κ3) is 3.00. The summed E-state index contributed by atoms with van der Waals surface area (Å²) in [5, 5.41) is 2.34. The monoisotopic (exact) mass is 345 g/mol. The number of benzene rings is 1. The van der Waals surface area contributed by atoms with E-state index in [-0.39, 0.29) is 23.9 Å². The number of hydrogen-bond donors (Lipinski definition) is 1. The topological polar surface area (TPSA) is 82.3 Å². The zero-order valence-corrected chi connectivity index (χ0v) is 14.7. The molecule has 0 aliphatic carbocycles. The van der Waals surface area contributed by atoms with Crippen LogP contribution in [0.2, 0.25) is 0 Å². The summed E-state index contributed by atoms with van der Waals surface area (Å²) in [7, 11) is 1.59. The Morgan fingerprint density at radius 2 is 2.04 bits per heavy atom. The standard InChI is InChI=1S/C18H23N3O4/c1-11(2)12-5-4-6-13-16(12)20(9-10-25-3)18(24)21(13)14-7-8-15(22)19-17(14)23/h4-6,11,14H,7-10H2,1-3H3,(H,19,22,23). The predicted molar refractivity (Wildman–Crippen MR) is 93.6 cm³/mol. The molecule has 0 bridgehead atoms. The number of aromatic nitrogens is 2. The quantitative estimate of drug-likeness (QED) is 0.834. The van der Waals surface area contributed by atoms with E-state index in [2.05, 4.69) is 19.2 Å². The number of ether oxygens (including phenoxy) is 1. The van der Waals surface area contributed by atoms with Crippen molar-refractivity contribution in [3.63, 3.8) is 0 Å². The molecule has 1 fully saturated rings. The number of nitrogens with one attached hydrogen (secondary N) is 1. The maximum absolute atomic E-state index is 13.1. The first-order chi connectivity index (χ1) is 12.0. The van der Waals surface area contributed by atoms with Crippen LogP contribution in [-0.2, 0) is 20.9 Å². The lowest BCUT2D eigenvalue weighted by Crippen LogP contribution is -2.44. The smallest absolute Gasteiger partial charge is 0.329 e. The minimum absolute atomic E-state index is 0.231. The Labute approximate surface area is 145 Å². The van der Waals surface area contributed by atoms with Gasteiger partial charge in [-0.2, -0.15) is 0 Å². The molecular formula is C18H23N3O4. The molecule has 7 nitrogen and oxygen atoms in total. The Balaban J connectivity index is 2.24. The fraction of sp³-hybridized carbons (Fsp3) is 0.500. The first-order valence-corrected chi connectivity index (χ1v) is 8.52. The van der Waals surface area contributed by atoms with Crippen LogP contribution in [0.25, 0.3) is 11.0 Å². The van der Waals surface area contributed by atoms with Gasteiger partial charge in [0.05, 0.1) is 24.2 Å². The molecule has 0 spiro atoms. The Kier molecular flexibility index (Phi) is 4.76. The van der Waals surface area contributed by atoms with Crippen LogP contribution < -0.4 is 11.0 Å². The molecule has 2 aromatic rings. The summed E-state index contributed by atoms with van der Waals surface area (Å²) >= 11 is 0. The molecule has 1 aromatic carbocycles. The van der Waals surface area contributed by atoms with E-state index in [1.54, 1.807) is 11.7 Å². The van der Waals surface area contributed by atoms with Crippen molar-refractivity contribution in [2.45, 2.75) is 45.2 Å². The third-order valence-electron chi connectivity index (χ3n) is 4.68. The van der Waals surface area contributed by atoms with Gasteiger partial charge in [-0.1, -0.05) is 26.0 Å². The van der Waals surface area contributed by atoms with Crippen LogP contribution in [0.5, 0.6) is 0 Å². The van der Waals surface area contributed by atoms with Crippen LogP contribution in [0.4, 0.5) is 0 Å². The van der Waals surface area contributed by atoms with Gasteiger partial charge in [0.15, 0.2) is 0 Å². The van der Waals surface area contributed by atoms with Crippen molar-refractivity contribution in [3.05, 3.63) is 34.2 Å². The minimum Gasteiger partial charge on any atom is -0.383 e. The molecule has 1 aliphatic rings. The van der Waals surface area contributed by atoms with Gasteiger partial charge in [-0.3, -0.25) is 24.0 Å². The molecule has 2 amide bonds. The molecule has 134 valence electrons. The van der Waals surface area contributed by atoms with Crippen molar-refractivity contribution in [2.75, 3.05) is 13.7 Å². The SMILES string of the molecule is COCCn1c(=O)n(C2CCC(=O)NC2=O)c2cccc(C(C)C)c21. The molecule has 1 atom stereocenters. The van der Waals surface area contributed by atoms with Crippen molar-refractivity contribution in [2.24, 2.45) is 0 Å². The van der Waals surface area contributed by atoms with Gasteiger partial charge in [-0.05, 0) is 24.0 Å². The van der Waals surface area contributed by atoms with Gasteiger partial charge in [-0.25, -0.2) is 4.79 Å². The van der Waals surface area contributed by atoms with Gasteiger partial charge in [0.2, 0.25) is 11.8 Å². The van der Waals surface area contributed by atoms with Crippen LogP contribution in [-0.4, -0.2) is 34.7 Å². The summed E-state index contributed by atoms with van der Waals surface area (Å²) in [5.41, 5.74) is 2.37.